The summed E-state index contributed by atoms with van der Waals surface area (Å²) in [6.45, 7) is 3.97. The monoisotopic (exact) mass is 384 g/mol. The van der Waals surface area contributed by atoms with Crippen LogP contribution in [0.5, 0.6) is 0 Å². The van der Waals surface area contributed by atoms with E-state index in [1.54, 1.807) is 30.3 Å². The maximum absolute atomic E-state index is 12.9. The third kappa shape index (κ3) is 5.42. The fraction of sp³-hybridized carbons (Fsp3) is 0.120. The van der Waals surface area contributed by atoms with Gasteiger partial charge in [0.1, 0.15) is 0 Å². The van der Waals surface area contributed by atoms with Crippen molar-refractivity contribution in [3.05, 3.63) is 114 Å². The molecule has 2 N–H and O–H groups in total. The van der Waals surface area contributed by atoms with Gasteiger partial charge in [0, 0.05) is 18.9 Å². The van der Waals surface area contributed by atoms with E-state index in [4.69, 9.17) is 0 Å². The van der Waals surface area contributed by atoms with E-state index in [0.29, 0.717) is 17.8 Å². The fourth-order valence-corrected chi connectivity index (χ4v) is 3.24. The summed E-state index contributed by atoms with van der Waals surface area (Å²) >= 11 is 0. The minimum atomic E-state index is -0.247. The third-order valence-corrected chi connectivity index (χ3v) is 4.65. The summed E-state index contributed by atoms with van der Waals surface area (Å²) in [5.74, 6) is -0.464. The van der Waals surface area contributed by atoms with Crippen LogP contribution < -0.4 is 10.6 Å². The average Bonchev–Trinajstić information content (AvgIpc) is 2.77. The molecule has 0 atom stereocenters. The SMILES string of the molecule is C=CCNC(=O)c1ccccc1NC(=O)CC(c1ccccc1)c1ccccc1. The van der Waals surface area contributed by atoms with Crippen LogP contribution in [-0.2, 0) is 4.79 Å². The van der Waals surface area contributed by atoms with Gasteiger partial charge in [-0.05, 0) is 23.3 Å². The van der Waals surface area contributed by atoms with E-state index in [0.717, 1.165) is 11.1 Å². The van der Waals surface area contributed by atoms with Gasteiger partial charge in [-0.1, -0.05) is 78.9 Å². The first kappa shape index (κ1) is 20.1. The second kappa shape index (κ2) is 10.0. The van der Waals surface area contributed by atoms with Crippen LogP contribution in [0.3, 0.4) is 0 Å². The number of rotatable bonds is 8. The zero-order chi connectivity index (χ0) is 20.5. The number of hydrogen-bond acceptors (Lipinski definition) is 2. The van der Waals surface area contributed by atoms with E-state index in [-0.39, 0.29) is 24.2 Å². The first-order chi connectivity index (χ1) is 14.2. The third-order valence-electron chi connectivity index (χ3n) is 4.65. The lowest BCUT2D eigenvalue weighted by molar-refractivity contribution is -0.116. The first-order valence-corrected chi connectivity index (χ1v) is 9.57. The Balaban J connectivity index is 1.80. The number of para-hydroxylation sites is 1. The molecule has 146 valence electrons. The second-order valence-electron chi connectivity index (χ2n) is 6.67. The van der Waals surface area contributed by atoms with Crippen molar-refractivity contribution in [3.63, 3.8) is 0 Å². The maximum Gasteiger partial charge on any atom is 0.253 e. The van der Waals surface area contributed by atoms with E-state index < -0.39 is 0 Å². The smallest absolute Gasteiger partial charge is 0.253 e. The van der Waals surface area contributed by atoms with Crippen LogP contribution in [0.25, 0.3) is 0 Å². The Morgan fingerprint density at radius 1 is 0.828 bits per heavy atom. The number of hydrogen-bond donors (Lipinski definition) is 2. The molecule has 0 aliphatic carbocycles. The zero-order valence-electron chi connectivity index (χ0n) is 16.2. The Morgan fingerprint density at radius 2 is 1.38 bits per heavy atom. The first-order valence-electron chi connectivity index (χ1n) is 9.57. The van der Waals surface area contributed by atoms with Crippen LogP contribution in [0.2, 0.25) is 0 Å². The topological polar surface area (TPSA) is 58.2 Å². The number of carbonyl (C=O) groups is 2. The summed E-state index contributed by atoms with van der Waals surface area (Å²) in [5.41, 5.74) is 3.08. The molecule has 0 heterocycles. The molecule has 0 aliphatic rings. The lowest BCUT2D eigenvalue weighted by atomic mass is 9.88. The molecular formula is C25H24N2O2. The molecule has 0 aromatic heterocycles. The summed E-state index contributed by atoms with van der Waals surface area (Å²) in [4.78, 5) is 25.3. The Morgan fingerprint density at radius 3 is 1.97 bits per heavy atom. The van der Waals surface area contributed by atoms with Gasteiger partial charge < -0.3 is 10.6 Å². The largest absolute Gasteiger partial charge is 0.349 e. The normalized spacial score (nSPS) is 10.4. The zero-order valence-corrected chi connectivity index (χ0v) is 16.2. The van der Waals surface area contributed by atoms with Crippen LogP contribution in [-0.4, -0.2) is 18.4 Å². The minimum absolute atomic E-state index is 0.0702. The highest BCUT2D eigenvalue weighted by molar-refractivity contribution is 6.03. The van der Waals surface area contributed by atoms with Crippen molar-refractivity contribution in [2.45, 2.75) is 12.3 Å². The van der Waals surface area contributed by atoms with E-state index in [9.17, 15) is 9.59 Å². The summed E-state index contributed by atoms with van der Waals surface area (Å²) in [5, 5.41) is 5.66. The quantitative estimate of drug-likeness (QED) is 0.550. The number of anilines is 1. The second-order valence-corrected chi connectivity index (χ2v) is 6.67. The van der Waals surface area contributed by atoms with Crippen molar-refractivity contribution in [2.24, 2.45) is 0 Å². The van der Waals surface area contributed by atoms with Gasteiger partial charge in [-0.3, -0.25) is 9.59 Å². The summed E-state index contributed by atoms with van der Waals surface area (Å²) in [6.07, 6.45) is 1.89. The van der Waals surface area contributed by atoms with Crippen LogP contribution >= 0.6 is 0 Å². The molecule has 3 rings (SSSR count). The van der Waals surface area contributed by atoms with Crippen LogP contribution in [0.1, 0.15) is 33.8 Å². The number of nitrogens with one attached hydrogen (secondary N) is 2. The van der Waals surface area contributed by atoms with Gasteiger partial charge in [-0.25, -0.2) is 0 Å². The van der Waals surface area contributed by atoms with Crippen LogP contribution in [0.15, 0.2) is 97.6 Å². The predicted molar refractivity (Wildman–Crippen MR) is 117 cm³/mol. The Bertz CT molecular complexity index is 929. The molecule has 0 spiro atoms. The Kier molecular flexibility index (Phi) is 6.95. The molecule has 0 saturated heterocycles. The highest BCUT2D eigenvalue weighted by Gasteiger charge is 2.19. The lowest BCUT2D eigenvalue weighted by Gasteiger charge is -2.18. The molecule has 0 unspecified atom stereocenters. The van der Waals surface area contributed by atoms with Gasteiger partial charge in [-0.15, -0.1) is 6.58 Å². The molecule has 0 saturated carbocycles. The van der Waals surface area contributed by atoms with E-state index in [2.05, 4.69) is 17.2 Å². The predicted octanol–water partition coefficient (Wildman–Crippen LogP) is 4.76. The number of benzene rings is 3. The Labute approximate surface area is 171 Å². The van der Waals surface area contributed by atoms with Gasteiger partial charge in [0.2, 0.25) is 5.91 Å². The highest BCUT2D eigenvalue weighted by atomic mass is 16.2. The number of amides is 2. The van der Waals surface area contributed by atoms with E-state index in [1.165, 1.54) is 0 Å². The molecule has 4 heteroatoms. The Hall–Kier alpha value is -3.66. The van der Waals surface area contributed by atoms with Crippen molar-refractivity contribution in [1.82, 2.24) is 5.32 Å². The summed E-state index contributed by atoms with van der Waals surface area (Å²) < 4.78 is 0. The van der Waals surface area contributed by atoms with Crippen molar-refractivity contribution in [1.29, 1.82) is 0 Å². The molecule has 3 aromatic rings. The highest BCUT2D eigenvalue weighted by Crippen LogP contribution is 2.28. The molecule has 0 aliphatic heterocycles. The van der Waals surface area contributed by atoms with E-state index in [1.807, 2.05) is 60.7 Å². The average molecular weight is 384 g/mol. The standard InChI is InChI=1S/C25H24N2O2/c1-2-17-26-25(29)21-15-9-10-16-23(21)27-24(28)18-22(19-11-5-3-6-12-19)20-13-7-4-8-14-20/h2-16,22H,1,17-18H2,(H,26,29)(H,27,28). The summed E-state index contributed by atoms with van der Waals surface area (Å²) in [7, 11) is 0. The molecule has 0 radical (unpaired) electrons. The van der Waals surface area contributed by atoms with E-state index >= 15 is 0 Å². The summed E-state index contributed by atoms with van der Waals surface area (Å²) in [6, 6.07) is 26.9. The minimum Gasteiger partial charge on any atom is -0.349 e. The van der Waals surface area contributed by atoms with Gasteiger partial charge in [0.25, 0.3) is 5.91 Å². The van der Waals surface area contributed by atoms with Crippen molar-refractivity contribution >= 4 is 17.5 Å². The molecule has 0 fully saturated rings. The lowest BCUT2D eigenvalue weighted by Crippen LogP contribution is -2.25. The van der Waals surface area contributed by atoms with Gasteiger partial charge in [0.05, 0.1) is 11.3 Å². The van der Waals surface area contributed by atoms with Crippen LogP contribution in [0.4, 0.5) is 5.69 Å². The molecule has 4 nitrogen and oxygen atoms in total. The van der Waals surface area contributed by atoms with Gasteiger partial charge in [-0.2, -0.15) is 0 Å². The molecule has 2 amide bonds. The van der Waals surface area contributed by atoms with Crippen molar-refractivity contribution in [2.75, 3.05) is 11.9 Å². The molecular weight excluding hydrogens is 360 g/mol. The molecule has 0 bridgehead atoms. The number of carbonyl (C=O) groups excluding carboxylic acids is 2. The van der Waals surface area contributed by atoms with Crippen molar-refractivity contribution in [3.8, 4) is 0 Å². The maximum atomic E-state index is 12.9. The van der Waals surface area contributed by atoms with Gasteiger partial charge in [0.15, 0.2) is 0 Å². The van der Waals surface area contributed by atoms with Gasteiger partial charge >= 0.3 is 0 Å². The molecule has 29 heavy (non-hydrogen) atoms. The molecule has 3 aromatic carbocycles. The fourth-order valence-electron chi connectivity index (χ4n) is 3.24. The van der Waals surface area contributed by atoms with Crippen LogP contribution in [0, 0.1) is 0 Å². The van der Waals surface area contributed by atoms with Crippen molar-refractivity contribution < 1.29 is 9.59 Å².